The van der Waals surface area contributed by atoms with Crippen molar-refractivity contribution in [2.45, 2.75) is 6.54 Å². The zero-order valence-corrected chi connectivity index (χ0v) is 10.9. The minimum Gasteiger partial charge on any atom is -0.476 e. The Morgan fingerprint density at radius 3 is 2.84 bits per heavy atom. The number of halogens is 2. The Hall–Kier alpha value is -1.93. The molecule has 0 amide bonds. The molecule has 0 spiro atoms. The van der Waals surface area contributed by atoms with Gasteiger partial charge >= 0.3 is 5.97 Å². The average Bonchev–Trinajstić information content (AvgIpc) is 2.82. The topological polar surface area (TPSA) is 106 Å². The lowest BCUT2D eigenvalue weighted by molar-refractivity contribution is 0.0690. The number of carbonyl (C=O) groups is 1. The maximum atomic E-state index is 10.6. The normalized spacial score (nSPS) is 10.4. The Kier molecular flexibility index (Phi) is 4.13. The first-order chi connectivity index (χ1) is 9.06. The van der Waals surface area contributed by atoms with Gasteiger partial charge in [0.15, 0.2) is 16.0 Å². The smallest absolute Gasteiger partial charge is 0.358 e. The third-order valence-electron chi connectivity index (χ3n) is 2.13. The van der Waals surface area contributed by atoms with E-state index in [9.17, 15) is 4.79 Å². The summed E-state index contributed by atoms with van der Waals surface area (Å²) >= 11 is 11.5. The molecule has 0 saturated heterocycles. The lowest BCUT2D eigenvalue weighted by Crippen LogP contribution is -2.11. The van der Waals surface area contributed by atoms with Crippen LogP contribution in [0, 0.1) is 0 Å². The number of hydrogen-bond acceptors (Lipinski definition) is 6. The highest BCUT2D eigenvalue weighted by Crippen LogP contribution is 2.20. The fourth-order valence-corrected chi connectivity index (χ4v) is 1.59. The van der Waals surface area contributed by atoms with Gasteiger partial charge in [0.25, 0.3) is 0 Å². The van der Waals surface area contributed by atoms with Gasteiger partial charge in [0.05, 0.1) is 18.4 Å². The summed E-state index contributed by atoms with van der Waals surface area (Å²) in [5.41, 5.74) is 0.437. The van der Waals surface area contributed by atoms with Crippen LogP contribution in [-0.4, -0.2) is 42.8 Å². The van der Waals surface area contributed by atoms with Gasteiger partial charge in [0.1, 0.15) is 0 Å². The number of carboxylic acid groups (broad SMARTS) is 1. The minimum atomic E-state index is -1.12. The van der Waals surface area contributed by atoms with Crippen molar-refractivity contribution in [1.29, 1.82) is 0 Å². The molecule has 0 saturated carbocycles. The number of nitrogens with one attached hydrogen (secondary N) is 1. The summed E-state index contributed by atoms with van der Waals surface area (Å²) in [5, 5.41) is 26.5. The first kappa shape index (κ1) is 13.5. The van der Waals surface area contributed by atoms with Crippen molar-refractivity contribution in [1.82, 2.24) is 25.2 Å². The molecule has 10 heteroatoms. The van der Waals surface area contributed by atoms with Crippen molar-refractivity contribution in [2.75, 3.05) is 11.9 Å². The summed E-state index contributed by atoms with van der Waals surface area (Å²) in [6.07, 6.45) is 1.34. The quantitative estimate of drug-likeness (QED) is 0.854. The van der Waals surface area contributed by atoms with E-state index in [4.69, 9.17) is 28.3 Å². The van der Waals surface area contributed by atoms with Gasteiger partial charge in [-0.1, -0.05) is 28.4 Å². The molecule has 0 aliphatic rings. The van der Waals surface area contributed by atoms with Gasteiger partial charge in [-0.3, -0.25) is 0 Å². The summed E-state index contributed by atoms with van der Waals surface area (Å²) in [6, 6.07) is 1.54. The minimum absolute atomic E-state index is 0.105. The second-order valence-electron chi connectivity index (χ2n) is 3.47. The van der Waals surface area contributed by atoms with E-state index in [1.54, 1.807) is 6.07 Å². The van der Waals surface area contributed by atoms with E-state index in [-0.39, 0.29) is 16.0 Å². The van der Waals surface area contributed by atoms with Crippen LogP contribution >= 0.6 is 23.2 Å². The molecule has 0 aliphatic carbocycles. The molecule has 0 unspecified atom stereocenters. The Balaban J connectivity index is 1.92. The fraction of sp³-hybridized carbons (Fsp3) is 0.222. The van der Waals surface area contributed by atoms with Gasteiger partial charge in [0, 0.05) is 12.6 Å². The van der Waals surface area contributed by atoms with Gasteiger partial charge in [-0.05, 0) is 0 Å². The highest BCUT2D eigenvalue weighted by atomic mass is 35.5. The van der Waals surface area contributed by atoms with Gasteiger partial charge in [0.2, 0.25) is 0 Å². The number of hydrogen-bond donors (Lipinski definition) is 2. The van der Waals surface area contributed by atoms with Crippen LogP contribution in [0.15, 0.2) is 12.3 Å². The van der Waals surface area contributed by atoms with Crippen LogP contribution in [0.5, 0.6) is 0 Å². The zero-order valence-electron chi connectivity index (χ0n) is 9.42. The molecule has 0 aliphatic heterocycles. The molecule has 2 rings (SSSR count). The number of carboxylic acids is 1. The Bertz CT molecular complexity index is 602. The van der Waals surface area contributed by atoms with Crippen LogP contribution in [0.3, 0.4) is 0 Å². The van der Waals surface area contributed by atoms with Crippen molar-refractivity contribution in [2.24, 2.45) is 0 Å². The molecule has 100 valence electrons. The summed E-state index contributed by atoms with van der Waals surface area (Å²) < 4.78 is 1.40. The van der Waals surface area contributed by atoms with Crippen LogP contribution in [0.4, 0.5) is 5.69 Å². The molecule has 0 atom stereocenters. The van der Waals surface area contributed by atoms with Gasteiger partial charge in [-0.2, -0.15) is 0 Å². The molecule has 0 radical (unpaired) electrons. The monoisotopic (exact) mass is 302 g/mol. The summed E-state index contributed by atoms with van der Waals surface area (Å²) in [6.45, 7) is 0.862. The van der Waals surface area contributed by atoms with Crippen molar-refractivity contribution in [3.8, 4) is 0 Å². The molecule has 2 aromatic heterocycles. The fourth-order valence-electron chi connectivity index (χ4n) is 1.29. The molecule has 0 fully saturated rings. The van der Waals surface area contributed by atoms with Gasteiger partial charge in [-0.25, -0.2) is 9.48 Å². The first-order valence-electron chi connectivity index (χ1n) is 5.12. The predicted molar refractivity (Wildman–Crippen MR) is 67.5 cm³/mol. The van der Waals surface area contributed by atoms with Crippen LogP contribution < -0.4 is 5.32 Å². The molecule has 0 bridgehead atoms. The van der Waals surface area contributed by atoms with E-state index in [1.165, 1.54) is 10.9 Å². The largest absolute Gasteiger partial charge is 0.476 e. The van der Waals surface area contributed by atoms with E-state index >= 15 is 0 Å². The zero-order chi connectivity index (χ0) is 13.8. The third-order valence-corrected chi connectivity index (χ3v) is 2.60. The van der Waals surface area contributed by atoms with Crippen LogP contribution in [0.1, 0.15) is 10.5 Å². The van der Waals surface area contributed by atoms with E-state index < -0.39 is 5.97 Å². The first-order valence-corrected chi connectivity index (χ1v) is 5.88. The molecular formula is C9H8Cl2N6O2. The third kappa shape index (κ3) is 3.52. The Morgan fingerprint density at radius 1 is 1.37 bits per heavy atom. The number of rotatable bonds is 5. The van der Waals surface area contributed by atoms with Crippen molar-refractivity contribution >= 4 is 34.9 Å². The number of nitrogens with zero attached hydrogens (tertiary/aromatic N) is 5. The predicted octanol–water partition coefficient (Wildman–Crippen LogP) is 1.19. The number of aromatic nitrogens is 5. The molecule has 8 nitrogen and oxygen atoms in total. The Morgan fingerprint density at radius 2 is 2.16 bits per heavy atom. The van der Waals surface area contributed by atoms with Crippen molar-refractivity contribution in [3.05, 3.63) is 28.3 Å². The molecular weight excluding hydrogens is 295 g/mol. The lowest BCUT2D eigenvalue weighted by atomic mass is 10.4. The van der Waals surface area contributed by atoms with Gasteiger partial charge in [-0.15, -0.1) is 15.3 Å². The van der Waals surface area contributed by atoms with Crippen LogP contribution in [-0.2, 0) is 6.54 Å². The second kappa shape index (κ2) is 5.81. The maximum absolute atomic E-state index is 10.6. The second-order valence-corrected chi connectivity index (χ2v) is 4.22. The summed E-state index contributed by atoms with van der Waals surface area (Å²) in [5.74, 6) is -1.12. The molecule has 2 N–H and O–H groups in total. The maximum Gasteiger partial charge on any atom is 0.358 e. The standard InChI is InChI=1S/C9H8Cl2N6O2/c10-7-3-5(8(11)15-14-7)12-1-2-17-4-6(9(18)19)13-16-17/h3-4H,1-2H2,(H,12,14)(H,18,19). The lowest BCUT2D eigenvalue weighted by Gasteiger charge is -2.06. The highest BCUT2D eigenvalue weighted by Gasteiger charge is 2.08. The Labute approximate surface area is 117 Å². The molecule has 2 aromatic rings. The van der Waals surface area contributed by atoms with E-state index in [0.29, 0.717) is 18.8 Å². The SMILES string of the molecule is O=C(O)c1cn(CCNc2cc(Cl)nnc2Cl)nn1. The molecule has 0 aromatic carbocycles. The van der Waals surface area contributed by atoms with E-state index in [1.807, 2.05) is 0 Å². The molecule has 2 heterocycles. The van der Waals surface area contributed by atoms with E-state index in [2.05, 4.69) is 25.8 Å². The number of anilines is 1. The van der Waals surface area contributed by atoms with Crippen LogP contribution in [0.2, 0.25) is 10.3 Å². The average molecular weight is 303 g/mol. The summed E-state index contributed by atoms with van der Waals surface area (Å²) in [4.78, 5) is 10.6. The molecule has 19 heavy (non-hydrogen) atoms. The number of aromatic carboxylic acids is 1. The van der Waals surface area contributed by atoms with Crippen LogP contribution in [0.25, 0.3) is 0 Å². The van der Waals surface area contributed by atoms with Gasteiger partial charge < -0.3 is 10.4 Å². The van der Waals surface area contributed by atoms with E-state index in [0.717, 1.165) is 0 Å². The van der Waals surface area contributed by atoms with Crippen molar-refractivity contribution in [3.63, 3.8) is 0 Å². The highest BCUT2D eigenvalue weighted by molar-refractivity contribution is 6.33. The summed E-state index contributed by atoms with van der Waals surface area (Å²) in [7, 11) is 0. The van der Waals surface area contributed by atoms with Crippen molar-refractivity contribution < 1.29 is 9.90 Å².